The highest BCUT2D eigenvalue weighted by Gasteiger charge is 2.37. The first-order valence-electron chi connectivity index (χ1n) is 9.51. The minimum atomic E-state index is -0.700. The number of esters is 1. The van der Waals surface area contributed by atoms with Gasteiger partial charge in [-0.15, -0.1) is 6.58 Å². The molecule has 2 aromatic rings. The van der Waals surface area contributed by atoms with Gasteiger partial charge in [0.2, 0.25) is 5.91 Å². The van der Waals surface area contributed by atoms with Gasteiger partial charge >= 0.3 is 5.97 Å². The molecule has 1 aliphatic rings. The fourth-order valence-corrected chi connectivity index (χ4v) is 3.13. The smallest absolute Gasteiger partial charge is 0.308 e. The molecule has 30 heavy (non-hydrogen) atoms. The summed E-state index contributed by atoms with van der Waals surface area (Å²) in [7, 11) is 0. The van der Waals surface area contributed by atoms with Crippen molar-refractivity contribution in [2.24, 2.45) is 5.41 Å². The number of ether oxygens (including phenoxy) is 2. The third-order valence-electron chi connectivity index (χ3n) is 4.62. The highest BCUT2D eigenvalue weighted by Crippen LogP contribution is 2.38. The summed E-state index contributed by atoms with van der Waals surface area (Å²) in [5, 5.41) is 2.79. The predicted molar refractivity (Wildman–Crippen MR) is 114 cm³/mol. The number of carbonyl (C=O) groups is 3. The molecule has 0 fully saturated rings. The molecule has 0 radical (unpaired) electrons. The maximum atomic E-state index is 12.9. The van der Waals surface area contributed by atoms with E-state index in [9.17, 15) is 14.4 Å². The van der Waals surface area contributed by atoms with Crippen molar-refractivity contribution in [3.63, 3.8) is 0 Å². The number of hydrogen-bond acceptors (Lipinski definition) is 5. The lowest BCUT2D eigenvalue weighted by molar-refractivity contribution is -0.132. The summed E-state index contributed by atoms with van der Waals surface area (Å²) < 4.78 is 11.0. The summed E-state index contributed by atoms with van der Waals surface area (Å²) >= 11 is 0. The molecular weight excluding hydrogens is 384 g/mol. The van der Waals surface area contributed by atoms with Gasteiger partial charge in [0.1, 0.15) is 18.1 Å². The molecule has 1 N–H and O–H groups in total. The Kier molecular flexibility index (Phi) is 5.91. The lowest BCUT2D eigenvalue weighted by Gasteiger charge is -2.27. The van der Waals surface area contributed by atoms with Crippen LogP contribution in [0.3, 0.4) is 0 Å². The molecule has 0 saturated heterocycles. The molecule has 0 aliphatic carbocycles. The van der Waals surface area contributed by atoms with E-state index in [1.807, 2.05) is 13.8 Å². The van der Waals surface area contributed by atoms with Gasteiger partial charge in [0.15, 0.2) is 0 Å². The van der Waals surface area contributed by atoms with Crippen LogP contribution < -0.4 is 19.7 Å². The van der Waals surface area contributed by atoms with E-state index in [1.54, 1.807) is 53.4 Å². The molecule has 1 heterocycles. The molecule has 3 rings (SSSR count). The summed E-state index contributed by atoms with van der Waals surface area (Å²) in [4.78, 5) is 38.5. The maximum Gasteiger partial charge on any atom is 0.308 e. The summed E-state index contributed by atoms with van der Waals surface area (Å²) in [6.45, 7) is 9.21. The normalized spacial score (nSPS) is 14.8. The number of anilines is 2. The van der Waals surface area contributed by atoms with Crippen LogP contribution >= 0.6 is 0 Å². The highest BCUT2D eigenvalue weighted by molar-refractivity contribution is 6.07. The van der Waals surface area contributed by atoms with Crippen molar-refractivity contribution < 1.29 is 23.9 Å². The number of nitrogens with zero attached hydrogens (tertiary/aromatic N) is 1. The molecule has 0 saturated carbocycles. The van der Waals surface area contributed by atoms with Gasteiger partial charge in [0.05, 0.1) is 16.7 Å². The first-order chi connectivity index (χ1) is 14.2. The van der Waals surface area contributed by atoms with Crippen LogP contribution in [0.2, 0.25) is 0 Å². The number of amides is 2. The minimum absolute atomic E-state index is 0.0618. The van der Waals surface area contributed by atoms with Crippen LogP contribution in [0.25, 0.3) is 0 Å². The third kappa shape index (κ3) is 4.35. The first-order valence-corrected chi connectivity index (χ1v) is 9.51. The Morgan fingerprint density at radius 3 is 2.70 bits per heavy atom. The van der Waals surface area contributed by atoms with E-state index in [0.717, 1.165) is 0 Å². The van der Waals surface area contributed by atoms with Crippen molar-refractivity contribution in [1.29, 1.82) is 0 Å². The van der Waals surface area contributed by atoms with Gasteiger partial charge in [-0.1, -0.05) is 18.2 Å². The Bertz CT molecular complexity index is 1010. The van der Waals surface area contributed by atoms with Crippen LogP contribution in [0.1, 0.15) is 31.1 Å². The lowest BCUT2D eigenvalue weighted by Crippen LogP contribution is -2.42. The van der Waals surface area contributed by atoms with Gasteiger partial charge in [-0.3, -0.25) is 14.4 Å². The number of para-hydroxylation sites is 1. The molecule has 0 spiro atoms. The fraction of sp³-hybridized carbons (Fsp3) is 0.261. The zero-order chi connectivity index (χ0) is 21.9. The van der Waals surface area contributed by atoms with E-state index in [0.29, 0.717) is 23.7 Å². The average molecular weight is 408 g/mol. The SMILES string of the molecule is C=CCN1C(=O)C(C)(C)COc2cc(NC(=O)c3ccccc3OC(C)=O)ccc21. The topological polar surface area (TPSA) is 84.9 Å². The first kappa shape index (κ1) is 21.1. The van der Waals surface area contributed by atoms with E-state index in [-0.39, 0.29) is 23.8 Å². The van der Waals surface area contributed by atoms with Crippen molar-refractivity contribution in [2.75, 3.05) is 23.4 Å². The third-order valence-corrected chi connectivity index (χ3v) is 4.62. The lowest BCUT2D eigenvalue weighted by atomic mass is 9.93. The van der Waals surface area contributed by atoms with Gasteiger partial charge in [0.25, 0.3) is 5.91 Å². The molecule has 1 aliphatic heterocycles. The Morgan fingerprint density at radius 1 is 1.27 bits per heavy atom. The molecule has 0 aromatic heterocycles. The number of fused-ring (bicyclic) bond motifs is 1. The molecule has 2 aromatic carbocycles. The Morgan fingerprint density at radius 2 is 2.00 bits per heavy atom. The van der Waals surface area contributed by atoms with Crippen molar-refractivity contribution in [3.8, 4) is 11.5 Å². The van der Waals surface area contributed by atoms with Crippen LogP contribution in [0, 0.1) is 5.41 Å². The number of hydrogen-bond donors (Lipinski definition) is 1. The van der Waals surface area contributed by atoms with Gasteiger partial charge in [0, 0.05) is 25.2 Å². The molecule has 0 bridgehead atoms. The monoisotopic (exact) mass is 408 g/mol. The van der Waals surface area contributed by atoms with Gasteiger partial charge in [-0.2, -0.15) is 0 Å². The van der Waals surface area contributed by atoms with E-state index in [1.165, 1.54) is 6.92 Å². The standard InChI is InChI=1S/C23H24N2O5/c1-5-12-25-18-11-10-16(13-20(18)29-14-23(3,4)22(25)28)24-21(27)17-8-6-7-9-19(17)30-15(2)26/h5-11,13H,1,12,14H2,2-4H3,(H,24,27). The zero-order valence-electron chi connectivity index (χ0n) is 17.2. The highest BCUT2D eigenvalue weighted by atomic mass is 16.5. The number of rotatable bonds is 5. The Hall–Kier alpha value is -3.61. The maximum absolute atomic E-state index is 12.9. The number of benzene rings is 2. The molecule has 7 nitrogen and oxygen atoms in total. The second kappa shape index (κ2) is 8.41. The van der Waals surface area contributed by atoms with E-state index in [4.69, 9.17) is 9.47 Å². The molecule has 0 unspecified atom stereocenters. The van der Waals surface area contributed by atoms with Gasteiger partial charge in [-0.25, -0.2) is 0 Å². The second-order valence-electron chi connectivity index (χ2n) is 7.60. The minimum Gasteiger partial charge on any atom is -0.490 e. The van der Waals surface area contributed by atoms with E-state index < -0.39 is 17.3 Å². The molecule has 2 amide bonds. The predicted octanol–water partition coefficient (Wildman–Crippen LogP) is 3.80. The van der Waals surface area contributed by atoms with E-state index >= 15 is 0 Å². The Balaban J connectivity index is 1.90. The molecule has 0 atom stereocenters. The fourth-order valence-electron chi connectivity index (χ4n) is 3.13. The van der Waals surface area contributed by atoms with Crippen LogP contribution in [-0.4, -0.2) is 30.9 Å². The van der Waals surface area contributed by atoms with E-state index in [2.05, 4.69) is 11.9 Å². The molecule has 156 valence electrons. The van der Waals surface area contributed by atoms with Gasteiger partial charge < -0.3 is 19.7 Å². The summed E-state index contributed by atoms with van der Waals surface area (Å²) in [5.74, 6) is -0.337. The van der Waals surface area contributed by atoms with Crippen LogP contribution in [-0.2, 0) is 9.59 Å². The number of carbonyl (C=O) groups excluding carboxylic acids is 3. The average Bonchev–Trinajstić information content (AvgIpc) is 2.78. The quantitative estimate of drug-likeness (QED) is 0.462. The van der Waals surface area contributed by atoms with Crippen molar-refractivity contribution in [1.82, 2.24) is 0 Å². The van der Waals surface area contributed by atoms with Crippen LogP contribution in [0.15, 0.2) is 55.1 Å². The summed E-state index contributed by atoms with van der Waals surface area (Å²) in [6, 6.07) is 11.6. The Labute approximate surface area is 175 Å². The second-order valence-corrected chi connectivity index (χ2v) is 7.60. The zero-order valence-corrected chi connectivity index (χ0v) is 17.2. The van der Waals surface area contributed by atoms with Gasteiger partial charge in [-0.05, 0) is 38.1 Å². The summed E-state index contributed by atoms with van der Waals surface area (Å²) in [6.07, 6.45) is 1.66. The molecule has 7 heteroatoms. The molecular formula is C23H24N2O5. The van der Waals surface area contributed by atoms with Crippen LogP contribution in [0.5, 0.6) is 11.5 Å². The largest absolute Gasteiger partial charge is 0.490 e. The summed E-state index contributed by atoms with van der Waals surface area (Å²) in [5.41, 5.74) is 0.632. The van der Waals surface area contributed by atoms with Crippen molar-refractivity contribution in [3.05, 3.63) is 60.7 Å². The number of nitrogens with one attached hydrogen (secondary N) is 1. The van der Waals surface area contributed by atoms with Crippen LogP contribution in [0.4, 0.5) is 11.4 Å². The van der Waals surface area contributed by atoms with Crippen molar-refractivity contribution >= 4 is 29.2 Å². The van der Waals surface area contributed by atoms with Crippen molar-refractivity contribution in [2.45, 2.75) is 20.8 Å².